The van der Waals surface area contributed by atoms with Gasteiger partial charge in [-0.25, -0.2) is 0 Å². The highest BCUT2D eigenvalue weighted by Gasteiger charge is 2.10. The van der Waals surface area contributed by atoms with Crippen molar-refractivity contribution in [2.45, 2.75) is 65.2 Å². The van der Waals surface area contributed by atoms with E-state index in [1.54, 1.807) is 0 Å². The van der Waals surface area contributed by atoms with Gasteiger partial charge in [0.25, 0.3) is 0 Å². The van der Waals surface area contributed by atoms with E-state index >= 15 is 0 Å². The van der Waals surface area contributed by atoms with Crippen LogP contribution in [0.1, 0.15) is 65.2 Å². The standard InChI is InChI=1S/C12H27O2P/c1-3-5-7-8-10-12(9-6-4-2)11-15(13)14/h12,15H,3-11H2,1-2H3,(H,13,14). The zero-order chi connectivity index (χ0) is 11.5. The molecule has 0 aromatic rings. The SMILES string of the molecule is CCCCCCC(CCCC)C[PH](=O)O. The van der Waals surface area contributed by atoms with Crippen molar-refractivity contribution in [2.24, 2.45) is 5.92 Å². The van der Waals surface area contributed by atoms with Gasteiger partial charge in [-0.05, 0) is 18.8 Å². The Balaban J connectivity index is 3.64. The van der Waals surface area contributed by atoms with Gasteiger partial charge in [0.05, 0.1) is 0 Å². The maximum Gasteiger partial charge on any atom is 0.189 e. The van der Waals surface area contributed by atoms with Crippen molar-refractivity contribution >= 4 is 8.03 Å². The van der Waals surface area contributed by atoms with Crippen LogP contribution in [0.5, 0.6) is 0 Å². The summed E-state index contributed by atoms with van der Waals surface area (Å²) >= 11 is 0. The van der Waals surface area contributed by atoms with Gasteiger partial charge in [-0.3, -0.25) is 4.57 Å². The molecule has 0 fully saturated rings. The van der Waals surface area contributed by atoms with Crippen molar-refractivity contribution in [1.82, 2.24) is 0 Å². The van der Waals surface area contributed by atoms with Gasteiger partial charge >= 0.3 is 0 Å². The van der Waals surface area contributed by atoms with Gasteiger partial charge in [-0.15, -0.1) is 0 Å². The number of rotatable bonds is 10. The van der Waals surface area contributed by atoms with E-state index in [9.17, 15) is 4.57 Å². The van der Waals surface area contributed by atoms with Gasteiger partial charge in [0.1, 0.15) is 0 Å². The Morgan fingerprint density at radius 3 is 2.13 bits per heavy atom. The molecule has 0 aromatic heterocycles. The Labute approximate surface area is 95.3 Å². The Hall–Kier alpha value is 0.190. The zero-order valence-corrected chi connectivity index (χ0v) is 11.3. The van der Waals surface area contributed by atoms with E-state index < -0.39 is 8.03 Å². The lowest BCUT2D eigenvalue weighted by atomic mass is 9.97. The Kier molecular flexibility index (Phi) is 10.8. The first-order valence-electron chi connectivity index (χ1n) is 6.42. The minimum absolute atomic E-state index is 0.498. The fourth-order valence-electron chi connectivity index (χ4n) is 1.95. The number of hydrogen-bond acceptors (Lipinski definition) is 1. The molecule has 0 aromatic carbocycles. The molecule has 0 aliphatic carbocycles. The summed E-state index contributed by atoms with van der Waals surface area (Å²) < 4.78 is 10.8. The molecule has 0 spiro atoms. The summed E-state index contributed by atoms with van der Waals surface area (Å²) in [7, 11) is -2.26. The van der Waals surface area contributed by atoms with Gasteiger partial charge in [0, 0.05) is 6.16 Å². The lowest BCUT2D eigenvalue weighted by Crippen LogP contribution is -2.04. The van der Waals surface area contributed by atoms with Crippen molar-refractivity contribution in [1.29, 1.82) is 0 Å². The van der Waals surface area contributed by atoms with E-state index in [0.29, 0.717) is 12.1 Å². The molecule has 2 nitrogen and oxygen atoms in total. The van der Waals surface area contributed by atoms with Crippen molar-refractivity contribution in [2.75, 3.05) is 6.16 Å². The van der Waals surface area contributed by atoms with E-state index in [1.165, 1.54) is 38.5 Å². The van der Waals surface area contributed by atoms with Crippen molar-refractivity contribution in [3.63, 3.8) is 0 Å². The van der Waals surface area contributed by atoms with Crippen LogP contribution in [-0.2, 0) is 4.57 Å². The van der Waals surface area contributed by atoms with E-state index in [4.69, 9.17) is 4.89 Å². The summed E-state index contributed by atoms with van der Waals surface area (Å²) in [6, 6.07) is 0. The van der Waals surface area contributed by atoms with Crippen molar-refractivity contribution in [3.05, 3.63) is 0 Å². The third-order valence-electron chi connectivity index (χ3n) is 2.90. The van der Waals surface area contributed by atoms with Gasteiger partial charge in [-0.1, -0.05) is 52.4 Å². The minimum atomic E-state index is -2.26. The van der Waals surface area contributed by atoms with Crippen molar-refractivity contribution in [3.8, 4) is 0 Å². The first-order valence-corrected chi connectivity index (χ1v) is 7.98. The minimum Gasteiger partial charge on any atom is -0.346 e. The molecule has 1 N–H and O–H groups in total. The molecule has 0 aliphatic heterocycles. The van der Waals surface area contributed by atoms with E-state index in [0.717, 1.165) is 12.8 Å². The molecule has 0 amide bonds. The fraction of sp³-hybridized carbons (Fsp3) is 1.00. The fourth-order valence-corrected chi connectivity index (χ4v) is 2.85. The van der Waals surface area contributed by atoms with E-state index in [-0.39, 0.29) is 0 Å². The van der Waals surface area contributed by atoms with Crippen LogP contribution in [0.3, 0.4) is 0 Å². The predicted octanol–water partition coefficient (Wildman–Crippen LogP) is 4.23. The van der Waals surface area contributed by atoms with E-state index in [1.807, 2.05) is 0 Å². The highest BCUT2D eigenvalue weighted by Crippen LogP contribution is 2.26. The maximum atomic E-state index is 10.8. The monoisotopic (exact) mass is 234 g/mol. The highest BCUT2D eigenvalue weighted by atomic mass is 31.1. The average Bonchev–Trinajstić information content (AvgIpc) is 2.19. The van der Waals surface area contributed by atoms with Crippen LogP contribution in [-0.4, -0.2) is 11.1 Å². The van der Waals surface area contributed by atoms with Crippen LogP contribution in [0.25, 0.3) is 0 Å². The summed E-state index contributed by atoms with van der Waals surface area (Å²) in [5.74, 6) is 0.498. The first-order chi connectivity index (χ1) is 7.20. The second-order valence-corrected chi connectivity index (χ2v) is 5.65. The van der Waals surface area contributed by atoms with Crippen LogP contribution in [0.15, 0.2) is 0 Å². The van der Waals surface area contributed by atoms with Gasteiger partial charge in [0.2, 0.25) is 0 Å². The summed E-state index contributed by atoms with van der Waals surface area (Å²) in [5, 5.41) is 0. The number of hydrogen-bond donors (Lipinski definition) is 1. The third kappa shape index (κ3) is 10.5. The first kappa shape index (κ1) is 15.2. The van der Waals surface area contributed by atoms with E-state index in [2.05, 4.69) is 13.8 Å². The maximum absolute atomic E-state index is 10.8. The Morgan fingerprint density at radius 1 is 1.00 bits per heavy atom. The largest absolute Gasteiger partial charge is 0.346 e. The molecule has 0 heterocycles. The second-order valence-electron chi connectivity index (χ2n) is 4.46. The summed E-state index contributed by atoms with van der Waals surface area (Å²) in [4.78, 5) is 8.97. The molecule has 0 saturated heterocycles. The van der Waals surface area contributed by atoms with Crippen LogP contribution in [0.2, 0.25) is 0 Å². The van der Waals surface area contributed by atoms with Gasteiger partial charge < -0.3 is 4.89 Å². The molecule has 92 valence electrons. The predicted molar refractivity (Wildman–Crippen MR) is 67.9 cm³/mol. The second kappa shape index (κ2) is 10.7. The molecule has 0 bridgehead atoms. The van der Waals surface area contributed by atoms with Gasteiger partial charge in [-0.2, -0.15) is 0 Å². The zero-order valence-electron chi connectivity index (χ0n) is 10.3. The number of unbranched alkanes of at least 4 members (excludes halogenated alkanes) is 4. The smallest absolute Gasteiger partial charge is 0.189 e. The summed E-state index contributed by atoms with van der Waals surface area (Å²) in [6.07, 6.45) is 10.3. The van der Waals surface area contributed by atoms with Crippen molar-refractivity contribution < 1.29 is 9.46 Å². The quantitative estimate of drug-likeness (QED) is 0.453. The molecular formula is C12H27O2P. The summed E-state index contributed by atoms with van der Waals surface area (Å²) in [6.45, 7) is 4.39. The molecule has 3 heteroatoms. The Bertz CT molecular complexity index is 160. The molecule has 0 aliphatic rings. The van der Waals surface area contributed by atoms with Crippen LogP contribution in [0, 0.1) is 5.92 Å². The Morgan fingerprint density at radius 2 is 1.60 bits per heavy atom. The molecule has 0 rings (SSSR count). The molecule has 0 radical (unpaired) electrons. The normalized spacial score (nSPS) is 15.1. The lowest BCUT2D eigenvalue weighted by molar-refractivity contribution is 0.427. The van der Waals surface area contributed by atoms with Gasteiger partial charge in [0.15, 0.2) is 8.03 Å². The molecule has 2 unspecified atom stereocenters. The molecule has 0 saturated carbocycles. The molecule has 15 heavy (non-hydrogen) atoms. The molecular weight excluding hydrogens is 207 g/mol. The van der Waals surface area contributed by atoms with Crippen LogP contribution in [0.4, 0.5) is 0 Å². The van der Waals surface area contributed by atoms with Crippen LogP contribution < -0.4 is 0 Å². The average molecular weight is 234 g/mol. The summed E-state index contributed by atoms with van der Waals surface area (Å²) in [5.41, 5.74) is 0. The van der Waals surface area contributed by atoms with Crippen LogP contribution >= 0.6 is 8.03 Å². The third-order valence-corrected chi connectivity index (χ3v) is 3.82. The lowest BCUT2D eigenvalue weighted by Gasteiger charge is -2.14. The highest BCUT2D eigenvalue weighted by molar-refractivity contribution is 7.38. The topological polar surface area (TPSA) is 37.3 Å². The molecule has 2 atom stereocenters.